The summed E-state index contributed by atoms with van der Waals surface area (Å²) in [4.78, 5) is 24.1. The summed E-state index contributed by atoms with van der Waals surface area (Å²) < 4.78 is 39.2. The molecule has 1 fully saturated rings. The van der Waals surface area contributed by atoms with E-state index in [0.717, 1.165) is 36.4 Å². The van der Waals surface area contributed by atoms with Crippen LogP contribution in [0, 0.1) is 6.92 Å². The molecule has 1 unspecified atom stereocenters. The van der Waals surface area contributed by atoms with E-state index < -0.39 is 11.7 Å². The van der Waals surface area contributed by atoms with Crippen LogP contribution in [0.2, 0.25) is 0 Å². The minimum Gasteiger partial charge on any atom is -0.337 e. The van der Waals surface area contributed by atoms with Gasteiger partial charge in [-0.1, -0.05) is 18.2 Å². The van der Waals surface area contributed by atoms with Crippen LogP contribution in [0.4, 0.5) is 13.2 Å². The molecule has 1 atom stereocenters. The normalized spacial score (nSPS) is 17.2. The third-order valence-corrected chi connectivity index (χ3v) is 6.24. The summed E-state index contributed by atoms with van der Waals surface area (Å²) >= 11 is 1.34. The first-order valence-electron chi connectivity index (χ1n) is 9.67. The highest BCUT2D eigenvalue weighted by molar-refractivity contribution is 7.11. The Kier molecular flexibility index (Phi) is 5.60. The molecule has 30 heavy (non-hydrogen) atoms. The highest BCUT2D eigenvalue weighted by Crippen LogP contribution is 2.33. The highest BCUT2D eigenvalue weighted by atomic mass is 32.1. The SMILES string of the molecule is Cc1ncsc1C(=O)N1CCCC(c2cccc(-c3cccc(C(F)(F)F)c3)n2)C1. The van der Waals surface area contributed by atoms with Crippen molar-refractivity contribution in [3.63, 3.8) is 0 Å². The lowest BCUT2D eigenvalue weighted by atomic mass is 9.93. The molecule has 0 N–H and O–H groups in total. The zero-order valence-corrected chi connectivity index (χ0v) is 17.1. The maximum absolute atomic E-state index is 13.1. The van der Waals surface area contributed by atoms with Crippen molar-refractivity contribution in [2.45, 2.75) is 31.9 Å². The van der Waals surface area contributed by atoms with Gasteiger partial charge in [-0.25, -0.2) is 4.98 Å². The van der Waals surface area contributed by atoms with Gasteiger partial charge in [0.1, 0.15) is 4.88 Å². The molecule has 2 aromatic heterocycles. The number of piperidine rings is 1. The Balaban J connectivity index is 1.57. The molecule has 0 radical (unpaired) electrons. The summed E-state index contributed by atoms with van der Waals surface area (Å²) in [5.74, 6) is 0.0235. The summed E-state index contributed by atoms with van der Waals surface area (Å²) in [6.07, 6.45) is -2.67. The molecular formula is C22H20F3N3OS. The van der Waals surface area contributed by atoms with Crippen LogP contribution in [-0.2, 0) is 6.18 Å². The third kappa shape index (κ3) is 4.23. The topological polar surface area (TPSA) is 46.1 Å². The van der Waals surface area contributed by atoms with Crippen molar-refractivity contribution >= 4 is 17.2 Å². The number of nitrogens with zero attached hydrogens (tertiary/aromatic N) is 3. The van der Waals surface area contributed by atoms with Crippen LogP contribution in [0.25, 0.3) is 11.3 Å². The van der Waals surface area contributed by atoms with E-state index in [1.165, 1.54) is 17.4 Å². The van der Waals surface area contributed by atoms with Crippen LogP contribution in [0.3, 0.4) is 0 Å². The summed E-state index contributed by atoms with van der Waals surface area (Å²) in [5.41, 5.74) is 3.43. The van der Waals surface area contributed by atoms with Gasteiger partial charge in [0.05, 0.1) is 22.5 Å². The van der Waals surface area contributed by atoms with E-state index in [2.05, 4.69) is 9.97 Å². The van der Waals surface area contributed by atoms with Gasteiger partial charge < -0.3 is 4.90 Å². The number of carbonyl (C=O) groups excluding carboxylic acids is 1. The van der Waals surface area contributed by atoms with Gasteiger partial charge in [-0.05, 0) is 44.0 Å². The lowest BCUT2D eigenvalue weighted by molar-refractivity contribution is -0.137. The zero-order chi connectivity index (χ0) is 21.3. The summed E-state index contributed by atoms with van der Waals surface area (Å²) in [6.45, 7) is 3.04. The van der Waals surface area contributed by atoms with Crippen LogP contribution >= 0.6 is 11.3 Å². The molecule has 0 aliphatic carbocycles. The standard InChI is InChI=1S/C22H20F3N3OS/c1-14-20(30-13-26-14)21(29)28-10-4-6-16(12-28)19-9-3-8-18(27-19)15-5-2-7-17(11-15)22(23,24)25/h2-3,5,7-9,11,13,16H,4,6,10,12H2,1H3. The van der Waals surface area contributed by atoms with E-state index in [-0.39, 0.29) is 11.8 Å². The predicted molar refractivity (Wildman–Crippen MR) is 109 cm³/mol. The van der Waals surface area contributed by atoms with Crippen molar-refractivity contribution in [2.75, 3.05) is 13.1 Å². The van der Waals surface area contributed by atoms with Gasteiger partial charge in [-0.3, -0.25) is 9.78 Å². The number of pyridine rings is 1. The van der Waals surface area contributed by atoms with Crippen molar-refractivity contribution in [2.24, 2.45) is 0 Å². The fourth-order valence-electron chi connectivity index (χ4n) is 3.75. The number of rotatable bonds is 3. The number of hydrogen-bond acceptors (Lipinski definition) is 4. The number of hydrogen-bond donors (Lipinski definition) is 0. The molecule has 3 heterocycles. The summed E-state index contributed by atoms with van der Waals surface area (Å²) in [7, 11) is 0. The molecule has 0 saturated carbocycles. The van der Waals surface area contributed by atoms with Crippen LogP contribution in [0.5, 0.6) is 0 Å². The molecule has 1 aromatic carbocycles. The van der Waals surface area contributed by atoms with E-state index in [1.54, 1.807) is 17.6 Å². The van der Waals surface area contributed by atoms with Crippen molar-refractivity contribution in [3.8, 4) is 11.3 Å². The van der Waals surface area contributed by atoms with Crippen LogP contribution in [0.15, 0.2) is 48.0 Å². The zero-order valence-electron chi connectivity index (χ0n) is 16.3. The van der Waals surface area contributed by atoms with Gasteiger partial charge in [0.15, 0.2) is 0 Å². The predicted octanol–water partition coefficient (Wildman–Crippen LogP) is 5.55. The van der Waals surface area contributed by atoms with Crippen LogP contribution in [-0.4, -0.2) is 33.9 Å². The smallest absolute Gasteiger partial charge is 0.337 e. The quantitative estimate of drug-likeness (QED) is 0.546. The van der Waals surface area contributed by atoms with Gasteiger partial charge >= 0.3 is 6.18 Å². The highest BCUT2D eigenvalue weighted by Gasteiger charge is 2.31. The molecule has 1 saturated heterocycles. The monoisotopic (exact) mass is 431 g/mol. The molecule has 1 amide bonds. The molecule has 8 heteroatoms. The second kappa shape index (κ2) is 8.18. The number of likely N-dealkylation sites (tertiary alicyclic amines) is 1. The van der Waals surface area contributed by atoms with Gasteiger partial charge in [0.2, 0.25) is 0 Å². The van der Waals surface area contributed by atoms with Gasteiger partial charge in [-0.15, -0.1) is 11.3 Å². The maximum atomic E-state index is 13.1. The van der Waals surface area contributed by atoms with Crippen molar-refractivity contribution in [3.05, 3.63) is 69.8 Å². The first kappa shape index (κ1) is 20.5. The molecule has 4 nitrogen and oxygen atoms in total. The number of amides is 1. The van der Waals surface area contributed by atoms with Crippen molar-refractivity contribution in [1.29, 1.82) is 0 Å². The number of thiazole rings is 1. The van der Waals surface area contributed by atoms with E-state index in [0.29, 0.717) is 29.2 Å². The fraction of sp³-hybridized carbons (Fsp3) is 0.318. The molecule has 0 bridgehead atoms. The number of alkyl halides is 3. The van der Waals surface area contributed by atoms with Gasteiger partial charge in [-0.2, -0.15) is 13.2 Å². The lowest BCUT2D eigenvalue weighted by Crippen LogP contribution is -2.39. The average molecular weight is 431 g/mol. The Morgan fingerprint density at radius 2 is 2.00 bits per heavy atom. The summed E-state index contributed by atoms with van der Waals surface area (Å²) in [6, 6.07) is 10.6. The number of carbonyl (C=O) groups is 1. The summed E-state index contributed by atoms with van der Waals surface area (Å²) in [5, 5.41) is 0. The Labute approximate surface area is 176 Å². The molecule has 156 valence electrons. The second-order valence-corrected chi connectivity index (χ2v) is 8.24. The molecule has 1 aliphatic rings. The minimum absolute atomic E-state index is 0.0197. The van der Waals surface area contributed by atoms with E-state index in [4.69, 9.17) is 0 Å². The average Bonchev–Trinajstić information content (AvgIpc) is 3.19. The van der Waals surface area contributed by atoms with Crippen LogP contribution < -0.4 is 0 Å². The number of halogens is 3. The third-order valence-electron chi connectivity index (χ3n) is 5.32. The van der Waals surface area contributed by atoms with E-state index >= 15 is 0 Å². The lowest BCUT2D eigenvalue weighted by Gasteiger charge is -2.32. The molecule has 1 aliphatic heterocycles. The number of benzene rings is 1. The van der Waals surface area contributed by atoms with Crippen molar-refractivity contribution in [1.82, 2.24) is 14.9 Å². The second-order valence-electron chi connectivity index (χ2n) is 7.38. The largest absolute Gasteiger partial charge is 0.416 e. The first-order chi connectivity index (χ1) is 14.3. The van der Waals surface area contributed by atoms with E-state index in [9.17, 15) is 18.0 Å². The van der Waals surface area contributed by atoms with Crippen LogP contribution in [0.1, 0.15) is 45.4 Å². The maximum Gasteiger partial charge on any atom is 0.416 e. The molecular weight excluding hydrogens is 411 g/mol. The van der Waals surface area contributed by atoms with E-state index in [1.807, 2.05) is 24.0 Å². The van der Waals surface area contributed by atoms with Gasteiger partial charge in [0.25, 0.3) is 5.91 Å². The molecule has 0 spiro atoms. The number of aromatic nitrogens is 2. The van der Waals surface area contributed by atoms with Crippen molar-refractivity contribution < 1.29 is 18.0 Å². The Morgan fingerprint density at radius 3 is 2.73 bits per heavy atom. The molecule has 4 rings (SSSR count). The number of aryl methyl sites for hydroxylation is 1. The Bertz CT molecular complexity index is 1060. The molecule has 3 aromatic rings. The Morgan fingerprint density at radius 1 is 1.20 bits per heavy atom. The first-order valence-corrected chi connectivity index (χ1v) is 10.5. The Hall–Kier alpha value is -2.74. The minimum atomic E-state index is -4.40. The van der Waals surface area contributed by atoms with Gasteiger partial charge in [0, 0.05) is 30.3 Å². The fourth-order valence-corrected chi connectivity index (χ4v) is 4.52.